The highest BCUT2D eigenvalue weighted by Crippen LogP contribution is 2.35. The van der Waals surface area contributed by atoms with Crippen LogP contribution >= 0.6 is 0 Å². The second kappa shape index (κ2) is 8.12. The van der Waals surface area contributed by atoms with E-state index >= 15 is 0 Å². The highest BCUT2D eigenvalue weighted by atomic mass is 19.1. The zero-order valence-electron chi connectivity index (χ0n) is 14.1. The molecule has 0 heterocycles. The van der Waals surface area contributed by atoms with Crippen molar-refractivity contribution in [3.63, 3.8) is 0 Å². The third kappa shape index (κ3) is 4.17. The molecule has 2 aromatic rings. The summed E-state index contributed by atoms with van der Waals surface area (Å²) >= 11 is 0. The van der Waals surface area contributed by atoms with Crippen molar-refractivity contribution >= 4 is 6.03 Å². The van der Waals surface area contributed by atoms with Gasteiger partial charge in [-0.3, -0.25) is 0 Å². The molecule has 1 atom stereocenters. The molecule has 1 aliphatic carbocycles. The number of nitrogens with one attached hydrogen (secondary N) is 1. The van der Waals surface area contributed by atoms with Crippen LogP contribution < -0.4 is 5.32 Å². The van der Waals surface area contributed by atoms with E-state index in [9.17, 15) is 14.3 Å². The maximum absolute atomic E-state index is 13.3. The molecule has 2 amide bonds. The van der Waals surface area contributed by atoms with Gasteiger partial charge in [0.05, 0.1) is 6.04 Å². The van der Waals surface area contributed by atoms with Crippen molar-refractivity contribution in [1.29, 1.82) is 0 Å². The molecule has 5 heteroatoms. The number of aryl methyl sites for hydroxylation is 1. The lowest BCUT2D eigenvalue weighted by molar-refractivity contribution is 0.164. The highest BCUT2D eigenvalue weighted by molar-refractivity contribution is 5.75. The number of fused-ring (bicyclic) bond motifs is 1. The number of benzene rings is 2. The van der Waals surface area contributed by atoms with Crippen LogP contribution in [0.15, 0.2) is 48.5 Å². The first kappa shape index (κ1) is 17.4. The van der Waals surface area contributed by atoms with E-state index in [0.29, 0.717) is 13.0 Å². The molecule has 25 heavy (non-hydrogen) atoms. The van der Waals surface area contributed by atoms with Crippen LogP contribution in [0.1, 0.15) is 35.6 Å². The van der Waals surface area contributed by atoms with E-state index in [1.807, 2.05) is 12.1 Å². The number of nitrogens with zero attached hydrogens (tertiary/aromatic N) is 1. The number of hydrogen-bond donors (Lipinski definition) is 2. The normalized spacial score (nSPS) is 15.7. The summed E-state index contributed by atoms with van der Waals surface area (Å²) in [6.45, 7) is 0.813. The summed E-state index contributed by atoms with van der Waals surface area (Å²) in [5.74, 6) is -0.311. The van der Waals surface area contributed by atoms with Crippen molar-refractivity contribution in [3.05, 3.63) is 71.0 Å². The van der Waals surface area contributed by atoms with Gasteiger partial charge in [-0.15, -0.1) is 0 Å². The average molecular weight is 342 g/mol. The maximum Gasteiger partial charge on any atom is 0.318 e. The Bertz CT molecular complexity index is 735. The molecule has 4 nitrogen and oxygen atoms in total. The number of hydrogen-bond acceptors (Lipinski definition) is 2. The van der Waals surface area contributed by atoms with Crippen molar-refractivity contribution in [2.24, 2.45) is 0 Å². The standard InChI is InChI=1S/C20H23FN2O2/c21-17-7-3-5-15(13-17)14-22-20(25)23(11-4-12-24)19-10-9-16-6-1-2-8-18(16)19/h1-3,5-8,13,19,24H,4,9-12,14H2,(H,22,25). The van der Waals surface area contributed by atoms with E-state index in [-0.39, 0.29) is 31.0 Å². The van der Waals surface area contributed by atoms with Crippen molar-refractivity contribution in [1.82, 2.24) is 10.2 Å². The van der Waals surface area contributed by atoms with Crippen LogP contribution in [0.5, 0.6) is 0 Å². The van der Waals surface area contributed by atoms with E-state index in [1.165, 1.54) is 23.3 Å². The Hall–Kier alpha value is -2.40. The van der Waals surface area contributed by atoms with Gasteiger partial charge in [0.2, 0.25) is 0 Å². The van der Waals surface area contributed by atoms with Crippen LogP contribution in [-0.4, -0.2) is 29.2 Å². The molecule has 2 aromatic carbocycles. The summed E-state index contributed by atoms with van der Waals surface area (Å²) < 4.78 is 13.3. The van der Waals surface area contributed by atoms with Crippen LogP contribution in [0.25, 0.3) is 0 Å². The lowest BCUT2D eigenvalue weighted by Crippen LogP contribution is -2.42. The van der Waals surface area contributed by atoms with Crippen LogP contribution in [-0.2, 0) is 13.0 Å². The number of carbonyl (C=O) groups excluding carboxylic acids is 1. The highest BCUT2D eigenvalue weighted by Gasteiger charge is 2.30. The number of aliphatic hydroxyl groups excluding tert-OH is 1. The minimum atomic E-state index is -0.311. The van der Waals surface area contributed by atoms with Crippen molar-refractivity contribution in [3.8, 4) is 0 Å². The van der Waals surface area contributed by atoms with Crippen LogP contribution in [0, 0.1) is 5.82 Å². The van der Waals surface area contributed by atoms with E-state index in [4.69, 9.17) is 0 Å². The van der Waals surface area contributed by atoms with Crippen molar-refractivity contribution in [2.45, 2.75) is 31.8 Å². The van der Waals surface area contributed by atoms with E-state index in [2.05, 4.69) is 17.4 Å². The topological polar surface area (TPSA) is 52.6 Å². The Morgan fingerprint density at radius 3 is 2.88 bits per heavy atom. The molecule has 0 fully saturated rings. The van der Waals surface area contributed by atoms with Gasteiger partial charge in [0.25, 0.3) is 0 Å². The third-order valence-corrected chi connectivity index (χ3v) is 4.63. The number of carbonyl (C=O) groups is 1. The first-order valence-corrected chi connectivity index (χ1v) is 8.66. The fourth-order valence-corrected chi connectivity index (χ4v) is 3.42. The summed E-state index contributed by atoms with van der Waals surface area (Å²) in [7, 11) is 0. The van der Waals surface area contributed by atoms with E-state index in [0.717, 1.165) is 18.4 Å². The first-order valence-electron chi connectivity index (χ1n) is 8.66. The van der Waals surface area contributed by atoms with Gasteiger partial charge in [0.15, 0.2) is 0 Å². The molecule has 3 rings (SSSR count). The summed E-state index contributed by atoms with van der Waals surface area (Å²) in [4.78, 5) is 14.5. The van der Waals surface area contributed by atoms with Crippen molar-refractivity contribution < 1.29 is 14.3 Å². The van der Waals surface area contributed by atoms with Crippen molar-refractivity contribution in [2.75, 3.05) is 13.2 Å². The van der Waals surface area contributed by atoms with Gasteiger partial charge in [0.1, 0.15) is 5.82 Å². The Morgan fingerprint density at radius 1 is 1.24 bits per heavy atom. The van der Waals surface area contributed by atoms with Gasteiger partial charge < -0.3 is 15.3 Å². The molecular weight excluding hydrogens is 319 g/mol. The summed E-state index contributed by atoms with van der Waals surface area (Å²) in [6, 6.07) is 14.2. The molecule has 0 radical (unpaired) electrons. The average Bonchev–Trinajstić information content (AvgIpc) is 3.04. The smallest absolute Gasteiger partial charge is 0.318 e. The number of urea groups is 1. The maximum atomic E-state index is 13.3. The van der Waals surface area contributed by atoms with E-state index in [1.54, 1.807) is 17.0 Å². The molecule has 1 aliphatic rings. The molecule has 0 bridgehead atoms. The molecular formula is C20H23FN2O2. The fourth-order valence-electron chi connectivity index (χ4n) is 3.42. The third-order valence-electron chi connectivity index (χ3n) is 4.63. The second-order valence-corrected chi connectivity index (χ2v) is 6.31. The van der Waals surface area contributed by atoms with Gasteiger partial charge in [0, 0.05) is 19.7 Å². The van der Waals surface area contributed by atoms with Gasteiger partial charge in [-0.05, 0) is 48.1 Å². The fraction of sp³-hybridized carbons (Fsp3) is 0.350. The van der Waals surface area contributed by atoms with Gasteiger partial charge >= 0.3 is 6.03 Å². The van der Waals surface area contributed by atoms with Gasteiger partial charge in [-0.25, -0.2) is 9.18 Å². The molecule has 0 aromatic heterocycles. The zero-order chi connectivity index (χ0) is 17.6. The molecule has 2 N–H and O–H groups in total. The van der Waals surface area contributed by atoms with Gasteiger partial charge in [-0.1, -0.05) is 36.4 Å². The minimum absolute atomic E-state index is 0.0234. The number of aliphatic hydroxyl groups is 1. The number of halogens is 1. The minimum Gasteiger partial charge on any atom is -0.396 e. The quantitative estimate of drug-likeness (QED) is 0.845. The Labute approximate surface area is 147 Å². The van der Waals surface area contributed by atoms with E-state index < -0.39 is 0 Å². The molecule has 0 saturated heterocycles. The predicted octanol–water partition coefficient (Wildman–Crippen LogP) is 3.41. The lowest BCUT2D eigenvalue weighted by Gasteiger charge is -2.30. The second-order valence-electron chi connectivity index (χ2n) is 6.31. The predicted molar refractivity (Wildman–Crippen MR) is 94.5 cm³/mol. The van der Waals surface area contributed by atoms with Crippen LogP contribution in [0.2, 0.25) is 0 Å². The summed E-state index contributed by atoms with van der Waals surface area (Å²) in [5.41, 5.74) is 3.18. The first-order chi connectivity index (χ1) is 12.2. The molecule has 132 valence electrons. The molecule has 0 spiro atoms. The molecule has 0 aliphatic heterocycles. The summed E-state index contributed by atoms with van der Waals surface area (Å²) in [6.07, 6.45) is 2.37. The number of rotatable bonds is 6. The Balaban J connectivity index is 1.71. The summed E-state index contributed by atoms with van der Waals surface area (Å²) in [5, 5.41) is 12.1. The molecule has 1 unspecified atom stereocenters. The SMILES string of the molecule is O=C(NCc1cccc(F)c1)N(CCCO)C1CCc2ccccc21. The molecule has 0 saturated carbocycles. The lowest BCUT2D eigenvalue weighted by atomic mass is 10.1. The monoisotopic (exact) mass is 342 g/mol. The Kier molecular flexibility index (Phi) is 5.66. The number of amides is 2. The van der Waals surface area contributed by atoms with Gasteiger partial charge in [-0.2, -0.15) is 0 Å². The van der Waals surface area contributed by atoms with Crippen LogP contribution in [0.3, 0.4) is 0 Å². The largest absolute Gasteiger partial charge is 0.396 e. The Morgan fingerprint density at radius 2 is 2.08 bits per heavy atom. The van der Waals surface area contributed by atoms with Crippen LogP contribution in [0.4, 0.5) is 9.18 Å². The zero-order valence-corrected chi connectivity index (χ0v) is 14.1.